The molecule has 1 saturated heterocycles. The molecule has 0 aromatic heterocycles. The number of piperidine rings is 1. The first-order chi connectivity index (χ1) is 11.0. The Hall–Kier alpha value is -1.91. The Kier molecular flexibility index (Phi) is 4.37. The maximum Gasteiger partial charge on any atom is 0.238 e. The second-order valence-corrected chi connectivity index (χ2v) is 6.87. The topological polar surface area (TPSA) is 63.4 Å². The summed E-state index contributed by atoms with van der Waals surface area (Å²) in [6, 6.07) is 6.67. The van der Waals surface area contributed by atoms with Crippen LogP contribution in [0.1, 0.15) is 37.7 Å². The predicted molar refractivity (Wildman–Crippen MR) is 84.9 cm³/mol. The van der Waals surface area contributed by atoms with E-state index in [9.17, 15) is 14.0 Å². The fourth-order valence-electron chi connectivity index (χ4n) is 3.54. The van der Waals surface area contributed by atoms with Gasteiger partial charge >= 0.3 is 0 Å². The molecule has 2 N–H and O–H groups in total. The molecular weight excluding hydrogens is 295 g/mol. The first kappa shape index (κ1) is 16.0. The summed E-state index contributed by atoms with van der Waals surface area (Å²) in [4.78, 5) is 25.9. The van der Waals surface area contributed by atoms with Gasteiger partial charge in [0.05, 0.1) is 0 Å². The summed E-state index contributed by atoms with van der Waals surface area (Å²) in [5.41, 5.74) is 5.48. The lowest BCUT2D eigenvalue weighted by Gasteiger charge is -2.34. The van der Waals surface area contributed by atoms with Crippen LogP contribution in [0.15, 0.2) is 24.3 Å². The van der Waals surface area contributed by atoms with E-state index in [1.54, 1.807) is 12.1 Å². The molecule has 2 fully saturated rings. The standard InChI is InChI=1S/C18H23FN2O2/c19-15-5-1-3-13(11-15)6-7-14-4-2-10-21(12-14)17(23)18(8-9-18)16(20)22/h1,3,5,11,14H,2,4,6-10,12H2,(H2,20,22)/t14-/m1/s1. The molecule has 1 aliphatic carbocycles. The van der Waals surface area contributed by atoms with Crippen LogP contribution in [-0.4, -0.2) is 29.8 Å². The van der Waals surface area contributed by atoms with Gasteiger partial charge < -0.3 is 10.6 Å². The second-order valence-electron chi connectivity index (χ2n) is 6.87. The lowest BCUT2D eigenvalue weighted by Crippen LogP contribution is -2.47. The molecule has 1 saturated carbocycles. The fraction of sp³-hybridized carbons (Fsp3) is 0.556. The fourth-order valence-corrected chi connectivity index (χ4v) is 3.54. The SMILES string of the molecule is NC(=O)C1(C(=O)N2CCC[C@H](CCc3cccc(F)c3)C2)CC1. The van der Waals surface area contributed by atoms with Crippen molar-refractivity contribution >= 4 is 11.8 Å². The van der Waals surface area contributed by atoms with E-state index in [4.69, 9.17) is 5.73 Å². The maximum absolute atomic E-state index is 13.2. The number of hydrogen-bond acceptors (Lipinski definition) is 2. The Morgan fingerprint density at radius 2 is 2.13 bits per heavy atom. The van der Waals surface area contributed by atoms with Crippen LogP contribution in [0.4, 0.5) is 4.39 Å². The van der Waals surface area contributed by atoms with Crippen molar-refractivity contribution in [3.05, 3.63) is 35.6 Å². The number of hydrogen-bond donors (Lipinski definition) is 1. The van der Waals surface area contributed by atoms with E-state index in [0.29, 0.717) is 31.8 Å². The lowest BCUT2D eigenvalue weighted by atomic mass is 9.90. The van der Waals surface area contributed by atoms with Gasteiger partial charge in [-0.3, -0.25) is 9.59 Å². The molecule has 124 valence electrons. The average molecular weight is 318 g/mol. The zero-order valence-corrected chi connectivity index (χ0v) is 13.3. The van der Waals surface area contributed by atoms with Crippen LogP contribution in [0.25, 0.3) is 0 Å². The number of primary amides is 1. The van der Waals surface area contributed by atoms with Gasteiger partial charge in [0.15, 0.2) is 0 Å². The Labute approximate surface area is 135 Å². The van der Waals surface area contributed by atoms with Crippen molar-refractivity contribution in [2.45, 2.75) is 38.5 Å². The van der Waals surface area contributed by atoms with Crippen molar-refractivity contribution in [2.75, 3.05) is 13.1 Å². The van der Waals surface area contributed by atoms with Crippen LogP contribution >= 0.6 is 0 Å². The maximum atomic E-state index is 13.2. The molecule has 2 amide bonds. The van der Waals surface area contributed by atoms with Gasteiger partial charge in [0.1, 0.15) is 11.2 Å². The Morgan fingerprint density at radius 3 is 2.78 bits per heavy atom. The van der Waals surface area contributed by atoms with Gasteiger partial charge in [0, 0.05) is 13.1 Å². The van der Waals surface area contributed by atoms with Gasteiger partial charge in [0.2, 0.25) is 11.8 Å². The number of carbonyl (C=O) groups excluding carboxylic acids is 2. The summed E-state index contributed by atoms with van der Waals surface area (Å²) < 4.78 is 13.2. The van der Waals surface area contributed by atoms with Crippen molar-refractivity contribution in [1.82, 2.24) is 4.90 Å². The molecule has 0 radical (unpaired) electrons. The molecule has 1 aliphatic heterocycles. The molecule has 1 aromatic rings. The summed E-state index contributed by atoms with van der Waals surface area (Å²) >= 11 is 0. The predicted octanol–water partition coefficient (Wildman–Crippen LogP) is 2.26. The minimum Gasteiger partial charge on any atom is -0.369 e. The van der Waals surface area contributed by atoms with Gasteiger partial charge in [-0.1, -0.05) is 12.1 Å². The third-order valence-corrected chi connectivity index (χ3v) is 5.17. The average Bonchev–Trinajstić information content (AvgIpc) is 3.34. The number of likely N-dealkylation sites (tertiary alicyclic amines) is 1. The van der Waals surface area contributed by atoms with Gasteiger partial charge in [0.25, 0.3) is 0 Å². The van der Waals surface area contributed by atoms with Crippen LogP contribution in [0.2, 0.25) is 0 Å². The molecule has 1 heterocycles. The number of halogens is 1. The Bertz CT molecular complexity index is 613. The number of aryl methyl sites for hydroxylation is 1. The largest absolute Gasteiger partial charge is 0.369 e. The van der Waals surface area contributed by atoms with Crippen LogP contribution in [0.5, 0.6) is 0 Å². The number of amides is 2. The third kappa shape index (κ3) is 3.38. The van der Waals surface area contributed by atoms with E-state index in [1.807, 2.05) is 11.0 Å². The molecule has 3 rings (SSSR count). The van der Waals surface area contributed by atoms with E-state index in [0.717, 1.165) is 31.2 Å². The minimum atomic E-state index is -0.912. The Morgan fingerprint density at radius 1 is 1.35 bits per heavy atom. The summed E-state index contributed by atoms with van der Waals surface area (Å²) in [6.07, 6.45) is 4.94. The van der Waals surface area contributed by atoms with Crippen LogP contribution in [-0.2, 0) is 16.0 Å². The molecule has 0 unspecified atom stereocenters. The van der Waals surface area contributed by atoms with Crippen molar-refractivity contribution in [3.8, 4) is 0 Å². The molecule has 1 aromatic carbocycles. The van der Waals surface area contributed by atoms with Crippen LogP contribution in [0.3, 0.4) is 0 Å². The number of benzene rings is 1. The quantitative estimate of drug-likeness (QED) is 0.847. The van der Waals surface area contributed by atoms with Gasteiger partial charge in [-0.05, 0) is 62.1 Å². The van der Waals surface area contributed by atoms with E-state index in [-0.39, 0.29) is 11.7 Å². The lowest BCUT2D eigenvalue weighted by molar-refractivity contribution is -0.144. The molecule has 23 heavy (non-hydrogen) atoms. The van der Waals surface area contributed by atoms with E-state index < -0.39 is 11.3 Å². The molecular formula is C18H23FN2O2. The van der Waals surface area contributed by atoms with E-state index in [2.05, 4.69) is 0 Å². The number of rotatable bonds is 5. The highest BCUT2D eigenvalue weighted by Crippen LogP contribution is 2.47. The monoisotopic (exact) mass is 318 g/mol. The van der Waals surface area contributed by atoms with Crippen molar-refractivity contribution in [1.29, 1.82) is 0 Å². The smallest absolute Gasteiger partial charge is 0.238 e. The van der Waals surface area contributed by atoms with Crippen molar-refractivity contribution in [2.24, 2.45) is 17.1 Å². The van der Waals surface area contributed by atoms with Crippen LogP contribution < -0.4 is 5.73 Å². The van der Waals surface area contributed by atoms with Crippen molar-refractivity contribution < 1.29 is 14.0 Å². The minimum absolute atomic E-state index is 0.0829. The molecule has 4 nitrogen and oxygen atoms in total. The van der Waals surface area contributed by atoms with Gasteiger partial charge in [-0.25, -0.2) is 4.39 Å². The number of nitrogens with two attached hydrogens (primary N) is 1. The van der Waals surface area contributed by atoms with Gasteiger partial charge in [-0.15, -0.1) is 0 Å². The van der Waals surface area contributed by atoms with Crippen LogP contribution in [0, 0.1) is 17.2 Å². The molecule has 2 aliphatic rings. The number of carbonyl (C=O) groups is 2. The molecule has 1 atom stereocenters. The molecule has 5 heteroatoms. The zero-order chi connectivity index (χ0) is 16.4. The normalized spacial score (nSPS) is 22.7. The highest BCUT2D eigenvalue weighted by atomic mass is 19.1. The number of nitrogens with zero attached hydrogens (tertiary/aromatic N) is 1. The van der Waals surface area contributed by atoms with E-state index in [1.165, 1.54) is 6.07 Å². The first-order valence-electron chi connectivity index (χ1n) is 8.35. The Balaban J connectivity index is 1.56. The summed E-state index contributed by atoms with van der Waals surface area (Å²) in [7, 11) is 0. The third-order valence-electron chi connectivity index (χ3n) is 5.17. The summed E-state index contributed by atoms with van der Waals surface area (Å²) in [5, 5.41) is 0. The van der Waals surface area contributed by atoms with Gasteiger partial charge in [-0.2, -0.15) is 0 Å². The molecule has 0 bridgehead atoms. The first-order valence-corrected chi connectivity index (χ1v) is 8.35. The molecule has 0 spiro atoms. The summed E-state index contributed by atoms with van der Waals surface area (Å²) in [6.45, 7) is 1.40. The second kappa shape index (κ2) is 6.30. The highest BCUT2D eigenvalue weighted by molar-refractivity contribution is 6.07. The van der Waals surface area contributed by atoms with E-state index >= 15 is 0 Å². The van der Waals surface area contributed by atoms with Crippen molar-refractivity contribution in [3.63, 3.8) is 0 Å². The highest BCUT2D eigenvalue weighted by Gasteiger charge is 2.57. The summed E-state index contributed by atoms with van der Waals surface area (Å²) in [5.74, 6) is -0.371. The zero-order valence-electron chi connectivity index (χ0n) is 13.3.